The van der Waals surface area contributed by atoms with Crippen LogP contribution in [0, 0.1) is 19.8 Å². The highest BCUT2D eigenvalue weighted by Gasteiger charge is 2.12. The number of aliphatic imine (C=N–C) groups is 1. The molecule has 0 atom stereocenters. The number of thioether (sulfide) groups is 1. The maximum absolute atomic E-state index is 4.71. The van der Waals surface area contributed by atoms with E-state index in [1.54, 1.807) is 23.1 Å². The van der Waals surface area contributed by atoms with Crippen molar-refractivity contribution in [3.63, 3.8) is 0 Å². The van der Waals surface area contributed by atoms with Gasteiger partial charge in [-0.15, -0.1) is 21.5 Å². The highest BCUT2D eigenvalue weighted by Crippen LogP contribution is 2.18. The van der Waals surface area contributed by atoms with Crippen LogP contribution in [0.1, 0.15) is 48.6 Å². The summed E-state index contributed by atoms with van der Waals surface area (Å²) >= 11 is 3.37. The Morgan fingerprint density at radius 2 is 2.04 bits per heavy atom. The van der Waals surface area contributed by atoms with Gasteiger partial charge in [0, 0.05) is 30.9 Å². The summed E-state index contributed by atoms with van der Waals surface area (Å²) in [5, 5.41) is 17.6. The Labute approximate surface area is 176 Å². The van der Waals surface area contributed by atoms with Crippen LogP contribution < -0.4 is 10.6 Å². The van der Waals surface area contributed by atoms with Gasteiger partial charge < -0.3 is 15.2 Å². The molecule has 156 valence electrons. The third kappa shape index (κ3) is 6.77. The fourth-order valence-corrected chi connectivity index (χ4v) is 4.25. The molecule has 0 aliphatic carbocycles. The van der Waals surface area contributed by atoms with Crippen LogP contribution in [-0.2, 0) is 19.5 Å². The topological polar surface area (TPSA) is 80.0 Å². The fraction of sp³-hybridized carbons (Fsp3) is 0.684. The number of hydrogen-bond acceptors (Lipinski definition) is 6. The van der Waals surface area contributed by atoms with Crippen molar-refractivity contribution in [2.75, 3.05) is 19.3 Å². The molecule has 7 nitrogen and oxygen atoms in total. The van der Waals surface area contributed by atoms with Crippen LogP contribution in [0.2, 0.25) is 0 Å². The van der Waals surface area contributed by atoms with Crippen molar-refractivity contribution in [2.24, 2.45) is 10.9 Å². The summed E-state index contributed by atoms with van der Waals surface area (Å²) in [5.41, 5.74) is 1.08. The number of thiazole rings is 1. The first kappa shape index (κ1) is 22.7. The molecule has 0 saturated heterocycles. The van der Waals surface area contributed by atoms with Crippen molar-refractivity contribution in [3.05, 3.63) is 21.4 Å². The number of aromatic nitrogens is 4. The molecule has 9 heteroatoms. The molecule has 0 radical (unpaired) electrons. The second kappa shape index (κ2) is 11.4. The first-order chi connectivity index (χ1) is 13.4. The summed E-state index contributed by atoms with van der Waals surface area (Å²) in [5.74, 6) is 2.49. The number of nitrogens with zero attached hydrogens (tertiary/aromatic N) is 5. The monoisotopic (exact) mass is 423 g/mol. The number of nitrogens with one attached hydrogen (secondary N) is 2. The van der Waals surface area contributed by atoms with Crippen LogP contribution in [0.3, 0.4) is 0 Å². The summed E-state index contributed by atoms with van der Waals surface area (Å²) in [6.07, 6.45) is 3.94. The number of rotatable bonds is 10. The lowest BCUT2D eigenvalue weighted by molar-refractivity contribution is 0.477. The van der Waals surface area contributed by atoms with E-state index in [4.69, 9.17) is 4.99 Å². The van der Waals surface area contributed by atoms with Gasteiger partial charge in [-0.1, -0.05) is 25.6 Å². The van der Waals surface area contributed by atoms with Gasteiger partial charge in [-0.25, -0.2) is 9.98 Å². The van der Waals surface area contributed by atoms with E-state index in [9.17, 15) is 0 Å². The molecule has 2 aromatic rings. The Kier molecular flexibility index (Phi) is 9.24. The molecule has 0 aliphatic heterocycles. The molecule has 2 aromatic heterocycles. The van der Waals surface area contributed by atoms with Crippen molar-refractivity contribution in [3.8, 4) is 0 Å². The molecule has 0 bridgehead atoms. The van der Waals surface area contributed by atoms with Crippen LogP contribution in [0.5, 0.6) is 0 Å². The van der Waals surface area contributed by atoms with Gasteiger partial charge in [-0.3, -0.25) is 0 Å². The molecule has 2 heterocycles. The predicted molar refractivity (Wildman–Crippen MR) is 119 cm³/mol. The molecule has 0 amide bonds. The Morgan fingerprint density at radius 3 is 2.64 bits per heavy atom. The molecular formula is C19H33N7S2. The molecule has 2 rings (SSSR count). The van der Waals surface area contributed by atoms with Crippen molar-refractivity contribution >= 4 is 29.1 Å². The highest BCUT2D eigenvalue weighted by molar-refractivity contribution is 7.98. The summed E-state index contributed by atoms with van der Waals surface area (Å²) < 4.78 is 2.25. The van der Waals surface area contributed by atoms with Crippen molar-refractivity contribution in [1.29, 1.82) is 0 Å². The largest absolute Gasteiger partial charge is 0.357 e. The average molecular weight is 424 g/mol. The first-order valence-electron chi connectivity index (χ1n) is 9.85. The predicted octanol–water partition coefficient (Wildman–Crippen LogP) is 3.42. The number of hydrogen-bond donors (Lipinski definition) is 2. The zero-order chi connectivity index (χ0) is 20.5. The lowest BCUT2D eigenvalue weighted by Gasteiger charge is -2.13. The Bertz CT molecular complexity index is 764. The third-order valence-corrected chi connectivity index (χ3v) is 5.84. The van der Waals surface area contributed by atoms with Crippen molar-refractivity contribution in [1.82, 2.24) is 30.4 Å². The zero-order valence-electron chi connectivity index (χ0n) is 17.9. The molecule has 28 heavy (non-hydrogen) atoms. The number of guanidine groups is 1. The molecule has 0 aromatic carbocycles. The minimum absolute atomic E-state index is 0.574. The summed E-state index contributed by atoms with van der Waals surface area (Å²) in [6, 6.07) is 0. The Balaban J connectivity index is 1.88. The van der Waals surface area contributed by atoms with Gasteiger partial charge in [-0.05, 0) is 39.4 Å². The molecule has 0 aliphatic rings. The van der Waals surface area contributed by atoms with Gasteiger partial charge >= 0.3 is 0 Å². The standard InChI is InChI=1S/C19H33N7S2/c1-7-20-18(22-11-16-14(4)23-15(5)28-16)21-10-8-9-17-24-25-19(27-6)26(17)12-13(2)3/h13H,7-12H2,1-6H3,(H2,20,21,22). The molecular weight excluding hydrogens is 390 g/mol. The lowest BCUT2D eigenvalue weighted by Crippen LogP contribution is -2.37. The highest BCUT2D eigenvalue weighted by atomic mass is 32.2. The minimum atomic E-state index is 0.574. The van der Waals surface area contributed by atoms with E-state index in [-0.39, 0.29) is 0 Å². The Morgan fingerprint density at radius 1 is 1.25 bits per heavy atom. The Hall–Kier alpha value is -1.61. The van der Waals surface area contributed by atoms with Gasteiger partial charge in [-0.2, -0.15) is 0 Å². The summed E-state index contributed by atoms with van der Waals surface area (Å²) in [4.78, 5) is 10.4. The van der Waals surface area contributed by atoms with Gasteiger partial charge in [0.15, 0.2) is 11.1 Å². The van der Waals surface area contributed by atoms with E-state index < -0.39 is 0 Å². The van der Waals surface area contributed by atoms with Gasteiger partial charge in [0.05, 0.1) is 17.2 Å². The van der Waals surface area contributed by atoms with Crippen LogP contribution in [-0.4, -0.2) is 45.1 Å². The van der Waals surface area contributed by atoms with E-state index >= 15 is 0 Å². The summed E-state index contributed by atoms with van der Waals surface area (Å²) in [7, 11) is 0. The van der Waals surface area contributed by atoms with E-state index in [0.29, 0.717) is 12.5 Å². The van der Waals surface area contributed by atoms with E-state index in [0.717, 1.165) is 60.1 Å². The van der Waals surface area contributed by atoms with E-state index in [2.05, 4.69) is 57.4 Å². The molecule has 0 spiro atoms. The quantitative estimate of drug-likeness (QED) is 0.264. The molecule has 0 unspecified atom stereocenters. The third-order valence-electron chi connectivity index (χ3n) is 4.12. The van der Waals surface area contributed by atoms with Crippen molar-refractivity contribution in [2.45, 2.75) is 65.7 Å². The van der Waals surface area contributed by atoms with E-state index in [1.807, 2.05) is 13.8 Å². The van der Waals surface area contributed by atoms with Gasteiger partial charge in [0.2, 0.25) is 0 Å². The lowest BCUT2D eigenvalue weighted by atomic mass is 10.2. The summed E-state index contributed by atoms with van der Waals surface area (Å²) in [6.45, 7) is 13.9. The van der Waals surface area contributed by atoms with Gasteiger partial charge in [0.1, 0.15) is 5.82 Å². The van der Waals surface area contributed by atoms with Crippen LogP contribution in [0.15, 0.2) is 10.1 Å². The maximum Gasteiger partial charge on any atom is 0.191 e. The fourth-order valence-electron chi connectivity index (χ4n) is 2.87. The zero-order valence-corrected chi connectivity index (χ0v) is 19.5. The average Bonchev–Trinajstić information content (AvgIpc) is 3.17. The molecule has 2 N–H and O–H groups in total. The maximum atomic E-state index is 4.71. The minimum Gasteiger partial charge on any atom is -0.357 e. The second-order valence-corrected chi connectivity index (χ2v) is 9.14. The number of aryl methyl sites for hydroxylation is 3. The second-order valence-electron chi connectivity index (χ2n) is 7.07. The smallest absolute Gasteiger partial charge is 0.191 e. The van der Waals surface area contributed by atoms with Gasteiger partial charge in [0.25, 0.3) is 0 Å². The first-order valence-corrected chi connectivity index (χ1v) is 11.9. The van der Waals surface area contributed by atoms with E-state index in [1.165, 1.54) is 4.88 Å². The SMILES string of the molecule is CCNC(=NCc1sc(C)nc1C)NCCCc1nnc(SC)n1CC(C)C. The van der Waals surface area contributed by atoms with Crippen LogP contribution >= 0.6 is 23.1 Å². The van der Waals surface area contributed by atoms with Crippen molar-refractivity contribution < 1.29 is 0 Å². The molecule has 0 saturated carbocycles. The normalized spacial score (nSPS) is 12.0. The van der Waals surface area contributed by atoms with Crippen LogP contribution in [0.4, 0.5) is 0 Å². The van der Waals surface area contributed by atoms with Crippen LogP contribution in [0.25, 0.3) is 0 Å². The molecule has 0 fully saturated rings.